The molecule has 2 amide bonds. The van der Waals surface area contributed by atoms with Crippen LogP contribution in [0.4, 0.5) is 14.9 Å². The number of rotatable bonds is 3. The number of benzene rings is 1. The Morgan fingerprint density at radius 3 is 2.48 bits per heavy atom. The number of nitrogens with two attached hydrogens (primary N) is 1. The summed E-state index contributed by atoms with van der Waals surface area (Å²) < 4.78 is 13.5. The van der Waals surface area contributed by atoms with Gasteiger partial charge in [0.1, 0.15) is 5.82 Å². The smallest absolute Gasteiger partial charge is 0.322 e. The van der Waals surface area contributed by atoms with Crippen LogP contribution in [0.3, 0.4) is 0 Å². The SMILES string of the molecule is CC(C)(CN)N1CCN(C(=O)Nc2ccccc2F)CC1. The van der Waals surface area contributed by atoms with Crippen LogP contribution in [-0.2, 0) is 0 Å². The number of anilines is 1. The molecule has 1 saturated heterocycles. The molecule has 1 aromatic carbocycles. The van der Waals surface area contributed by atoms with E-state index in [9.17, 15) is 9.18 Å². The van der Waals surface area contributed by atoms with Crippen molar-refractivity contribution in [2.24, 2.45) is 5.73 Å². The van der Waals surface area contributed by atoms with Gasteiger partial charge in [-0.1, -0.05) is 12.1 Å². The fourth-order valence-corrected chi connectivity index (χ4v) is 2.40. The number of para-hydroxylation sites is 1. The molecule has 0 unspecified atom stereocenters. The number of nitrogens with one attached hydrogen (secondary N) is 1. The predicted octanol–water partition coefficient (Wildman–Crippen LogP) is 1.71. The molecule has 1 aliphatic rings. The average molecular weight is 294 g/mol. The molecule has 116 valence electrons. The van der Waals surface area contributed by atoms with Gasteiger partial charge in [-0.2, -0.15) is 0 Å². The third-order valence-corrected chi connectivity index (χ3v) is 4.04. The molecule has 0 radical (unpaired) electrons. The Bertz CT molecular complexity index is 498. The predicted molar refractivity (Wildman–Crippen MR) is 81.7 cm³/mol. The number of piperazine rings is 1. The fourth-order valence-electron chi connectivity index (χ4n) is 2.40. The van der Waals surface area contributed by atoms with Crippen molar-refractivity contribution in [3.05, 3.63) is 30.1 Å². The number of carbonyl (C=O) groups is 1. The van der Waals surface area contributed by atoms with E-state index in [0.29, 0.717) is 19.6 Å². The second-order valence-corrected chi connectivity index (χ2v) is 5.90. The Kier molecular flexibility index (Phi) is 4.80. The standard InChI is InChI=1S/C15H23FN4O/c1-15(2,11-17)20-9-7-19(8-10-20)14(21)18-13-6-4-3-5-12(13)16/h3-6H,7-11,17H2,1-2H3,(H,18,21). The first-order valence-corrected chi connectivity index (χ1v) is 7.19. The summed E-state index contributed by atoms with van der Waals surface area (Å²) in [5, 5.41) is 2.62. The minimum atomic E-state index is -0.422. The number of halogens is 1. The highest BCUT2D eigenvalue weighted by Gasteiger charge is 2.30. The molecule has 0 aliphatic carbocycles. The van der Waals surface area contributed by atoms with E-state index in [1.165, 1.54) is 6.07 Å². The minimum absolute atomic E-state index is 0.0614. The van der Waals surface area contributed by atoms with Crippen LogP contribution in [0.15, 0.2) is 24.3 Å². The highest BCUT2D eigenvalue weighted by Crippen LogP contribution is 2.17. The Hall–Kier alpha value is -1.66. The number of hydrogen-bond donors (Lipinski definition) is 2. The molecule has 0 bridgehead atoms. The lowest BCUT2D eigenvalue weighted by atomic mass is 10.0. The molecular weight excluding hydrogens is 271 g/mol. The maximum Gasteiger partial charge on any atom is 0.322 e. The van der Waals surface area contributed by atoms with Gasteiger partial charge in [0.05, 0.1) is 5.69 Å². The van der Waals surface area contributed by atoms with Crippen LogP contribution in [0.25, 0.3) is 0 Å². The van der Waals surface area contributed by atoms with Crippen molar-refractivity contribution in [2.45, 2.75) is 19.4 Å². The summed E-state index contributed by atoms with van der Waals surface area (Å²) in [4.78, 5) is 16.1. The quantitative estimate of drug-likeness (QED) is 0.892. The molecule has 2 rings (SSSR count). The molecule has 0 spiro atoms. The molecule has 5 nitrogen and oxygen atoms in total. The first-order chi connectivity index (χ1) is 9.94. The van der Waals surface area contributed by atoms with E-state index in [0.717, 1.165) is 13.1 Å². The molecule has 3 N–H and O–H groups in total. The third-order valence-electron chi connectivity index (χ3n) is 4.04. The first kappa shape index (κ1) is 15.7. The lowest BCUT2D eigenvalue weighted by molar-refractivity contribution is 0.0715. The summed E-state index contributed by atoms with van der Waals surface area (Å²) in [6.07, 6.45) is 0. The van der Waals surface area contributed by atoms with E-state index in [1.54, 1.807) is 23.1 Å². The van der Waals surface area contributed by atoms with E-state index < -0.39 is 5.82 Å². The van der Waals surface area contributed by atoms with Gasteiger partial charge in [0.15, 0.2) is 0 Å². The number of nitrogens with zero attached hydrogens (tertiary/aromatic N) is 2. The van der Waals surface area contributed by atoms with E-state index in [2.05, 4.69) is 24.1 Å². The van der Waals surface area contributed by atoms with E-state index >= 15 is 0 Å². The maximum atomic E-state index is 13.5. The second-order valence-electron chi connectivity index (χ2n) is 5.90. The van der Waals surface area contributed by atoms with Crippen molar-refractivity contribution in [3.8, 4) is 0 Å². The molecule has 6 heteroatoms. The molecule has 1 heterocycles. The fraction of sp³-hybridized carbons (Fsp3) is 0.533. The molecule has 0 atom stereocenters. The number of amides is 2. The molecule has 0 aromatic heterocycles. The van der Waals surface area contributed by atoms with Crippen LogP contribution in [-0.4, -0.2) is 54.1 Å². The minimum Gasteiger partial charge on any atom is -0.329 e. The first-order valence-electron chi connectivity index (χ1n) is 7.19. The Morgan fingerprint density at radius 1 is 1.29 bits per heavy atom. The Morgan fingerprint density at radius 2 is 1.90 bits per heavy atom. The van der Waals surface area contributed by atoms with Gasteiger partial charge in [-0.15, -0.1) is 0 Å². The zero-order valence-corrected chi connectivity index (χ0v) is 12.6. The zero-order valence-electron chi connectivity index (χ0n) is 12.6. The second kappa shape index (κ2) is 6.41. The lowest BCUT2D eigenvalue weighted by Gasteiger charge is -2.43. The summed E-state index contributed by atoms with van der Waals surface area (Å²) >= 11 is 0. The number of carbonyl (C=O) groups excluding carboxylic acids is 1. The maximum absolute atomic E-state index is 13.5. The van der Waals surface area contributed by atoms with Gasteiger partial charge in [0.2, 0.25) is 0 Å². The summed E-state index contributed by atoms with van der Waals surface area (Å²) in [5.74, 6) is -0.422. The van der Waals surface area contributed by atoms with Crippen molar-refractivity contribution in [1.82, 2.24) is 9.80 Å². The van der Waals surface area contributed by atoms with Gasteiger partial charge in [-0.05, 0) is 26.0 Å². The molecule has 1 aliphatic heterocycles. The van der Waals surface area contributed by atoms with Crippen LogP contribution < -0.4 is 11.1 Å². The zero-order chi connectivity index (χ0) is 15.5. The summed E-state index contributed by atoms with van der Waals surface area (Å²) in [5.41, 5.74) is 5.93. The molecule has 1 fully saturated rings. The van der Waals surface area contributed by atoms with Gasteiger partial charge in [-0.3, -0.25) is 4.90 Å². The lowest BCUT2D eigenvalue weighted by Crippen LogP contribution is -2.58. The normalized spacial score (nSPS) is 16.9. The third kappa shape index (κ3) is 3.71. The molecular formula is C15H23FN4O. The highest BCUT2D eigenvalue weighted by molar-refractivity contribution is 5.89. The number of hydrogen-bond acceptors (Lipinski definition) is 3. The highest BCUT2D eigenvalue weighted by atomic mass is 19.1. The van der Waals surface area contributed by atoms with E-state index in [-0.39, 0.29) is 17.3 Å². The molecule has 1 aromatic rings. The van der Waals surface area contributed by atoms with Gasteiger partial charge in [0, 0.05) is 38.3 Å². The number of urea groups is 1. The van der Waals surface area contributed by atoms with Gasteiger partial charge >= 0.3 is 6.03 Å². The van der Waals surface area contributed by atoms with Gasteiger partial charge < -0.3 is 16.0 Å². The largest absolute Gasteiger partial charge is 0.329 e. The molecule has 0 saturated carbocycles. The van der Waals surface area contributed by atoms with Crippen LogP contribution >= 0.6 is 0 Å². The van der Waals surface area contributed by atoms with Gasteiger partial charge in [0.25, 0.3) is 0 Å². The Labute approximate surface area is 124 Å². The average Bonchev–Trinajstić information content (AvgIpc) is 2.49. The molecule has 21 heavy (non-hydrogen) atoms. The van der Waals surface area contributed by atoms with E-state index in [4.69, 9.17) is 5.73 Å². The van der Waals surface area contributed by atoms with Crippen LogP contribution in [0.1, 0.15) is 13.8 Å². The summed E-state index contributed by atoms with van der Waals surface area (Å²) in [7, 11) is 0. The van der Waals surface area contributed by atoms with Crippen molar-refractivity contribution in [1.29, 1.82) is 0 Å². The van der Waals surface area contributed by atoms with Gasteiger partial charge in [-0.25, -0.2) is 9.18 Å². The van der Waals surface area contributed by atoms with Crippen LogP contribution in [0.2, 0.25) is 0 Å². The van der Waals surface area contributed by atoms with Crippen LogP contribution in [0, 0.1) is 5.82 Å². The summed E-state index contributed by atoms with van der Waals surface area (Å²) in [6.45, 7) is 7.55. The van der Waals surface area contributed by atoms with Crippen molar-refractivity contribution in [3.63, 3.8) is 0 Å². The van der Waals surface area contributed by atoms with Crippen LogP contribution in [0.5, 0.6) is 0 Å². The summed E-state index contributed by atoms with van der Waals surface area (Å²) in [6, 6.07) is 5.92. The van der Waals surface area contributed by atoms with Crippen molar-refractivity contribution >= 4 is 11.7 Å². The van der Waals surface area contributed by atoms with Crippen molar-refractivity contribution in [2.75, 3.05) is 38.0 Å². The Balaban J connectivity index is 1.91. The van der Waals surface area contributed by atoms with Crippen molar-refractivity contribution < 1.29 is 9.18 Å². The topological polar surface area (TPSA) is 61.6 Å². The monoisotopic (exact) mass is 294 g/mol. The van der Waals surface area contributed by atoms with E-state index in [1.807, 2.05) is 0 Å².